The lowest BCUT2D eigenvalue weighted by Crippen LogP contribution is -2.37. The van der Waals surface area contributed by atoms with Crippen LogP contribution >= 0.6 is 12.4 Å². The monoisotopic (exact) mass is 350 g/mol. The molecule has 2 rings (SSSR count). The zero-order valence-corrected chi connectivity index (χ0v) is 15.4. The van der Waals surface area contributed by atoms with Crippen molar-refractivity contribution < 1.29 is 4.79 Å². The van der Waals surface area contributed by atoms with Gasteiger partial charge in [-0.05, 0) is 24.0 Å². The van der Waals surface area contributed by atoms with Gasteiger partial charge in [0.05, 0.1) is 0 Å². The number of amides is 1. The number of carbonyl (C=O) groups excluding carboxylic acids is 1. The normalized spacial score (nSPS) is 10.5. The first kappa shape index (κ1) is 20.2. The summed E-state index contributed by atoms with van der Waals surface area (Å²) in [6.45, 7) is 5.83. The molecule has 132 valence electrons. The van der Waals surface area contributed by atoms with Crippen molar-refractivity contribution in [3.05, 3.63) is 53.3 Å². The average molecular weight is 351 g/mol. The van der Waals surface area contributed by atoms with Gasteiger partial charge in [-0.1, -0.05) is 44.2 Å². The van der Waals surface area contributed by atoms with Crippen LogP contribution in [0.2, 0.25) is 0 Å². The number of hydrogen-bond donors (Lipinski definition) is 1. The predicted molar refractivity (Wildman–Crippen MR) is 99.6 cm³/mol. The van der Waals surface area contributed by atoms with Gasteiger partial charge < -0.3 is 10.6 Å². The summed E-state index contributed by atoms with van der Waals surface area (Å²) in [7, 11) is 1.88. The first-order chi connectivity index (χ1) is 11.0. The summed E-state index contributed by atoms with van der Waals surface area (Å²) in [5.41, 5.74) is 8.45. The summed E-state index contributed by atoms with van der Waals surface area (Å²) in [4.78, 5) is 14.5. The molecule has 0 saturated heterocycles. The highest BCUT2D eigenvalue weighted by molar-refractivity contribution is 5.92. The van der Waals surface area contributed by atoms with Crippen LogP contribution in [-0.4, -0.2) is 40.2 Å². The van der Waals surface area contributed by atoms with E-state index in [9.17, 15) is 4.79 Å². The van der Waals surface area contributed by atoms with Crippen molar-refractivity contribution in [1.82, 2.24) is 14.7 Å². The lowest BCUT2D eigenvalue weighted by atomic mass is 10.1. The Labute approximate surface area is 150 Å². The van der Waals surface area contributed by atoms with E-state index in [1.54, 1.807) is 9.58 Å². The second-order valence-electron chi connectivity index (χ2n) is 6.05. The minimum absolute atomic E-state index is 0. The fraction of sp³-hybridized carbons (Fsp3) is 0.444. The van der Waals surface area contributed by atoms with Gasteiger partial charge in [0.25, 0.3) is 5.91 Å². The van der Waals surface area contributed by atoms with Crippen molar-refractivity contribution in [2.45, 2.75) is 26.2 Å². The van der Waals surface area contributed by atoms with Crippen molar-refractivity contribution >= 4 is 18.3 Å². The minimum Gasteiger partial charge on any atom is -0.336 e. The standard InChI is InChI=1S/C18H26N4O.ClH/c1-14(2)17-13-16(20-21(17)3)18(23)22(12-10-19)11-9-15-7-5-4-6-8-15;/h4-8,13-14H,9-12,19H2,1-3H3;1H. The van der Waals surface area contributed by atoms with Gasteiger partial charge in [0.2, 0.25) is 0 Å². The van der Waals surface area contributed by atoms with Crippen molar-refractivity contribution in [3.8, 4) is 0 Å². The molecule has 0 unspecified atom stereocenters. The van der Waals surface area contributed by atoms with E-state index in [1.807, 2.05) is 31.3 Å². The highest BCUT2D eigenvalue weighted by Crippen LogP contribution is 2.16. The van der Waals surface area contributed by atoms with Crippen LogP contribution in [0, 0.1) is 0 Å². The smallest absolute Gasteiger partial charge is 0.274 e. The molecule has 1 aromatic carbocycles. The molecule has 1 heterocycles. The van der Waals surface area contributed by atoms with Crippen LogP contribution in [0.4, 0.5) is 0 Å². The van der Waals surface area contributed by atoms with E-state index in [1.165, 1.54) is 5.56 Å². The molecule has 0 atom stereocenters. The number of carbonyl (C=O) groups is 1. The SMILES string of the molecule is CC(C)c1cc(C(=O)N(CCN)CCc2ccccc2)nn1C.Cl. The van der Waals surface area contributed by atoms with Gasteiger partial charge in [0.1, 0.15) is 0 Å². The fourth-order valence-electron chi connectivity index (χ4n) is 2.67. The molecule has 0 bridgehead atoms. The molecule has 0 fully saturated rings. The first-order valence-electron chi connectivity index (χ1n) is 8.10. The molecule has 1 aromatic heterocycles. The van der Waals surface area contributed by atoms with Gasteiger partial charge in [-0.2, -0.15) is 5.10 Å². The van der Waals surface area contributed by atoms with Crippen molar-refractivity contribution in [2.75, 3.05) is 19.6 Å². The summed E-state index contributed by atoms with van der Waals surface area (Å²) >= 11 is 0. The highest BCUT2D eigenvalue weighted by Gasteiger charge is 2.20. The summed E-state index contributed by atoms with van der Waals surface area (Å²) < 4.78 is 1.79. The van der Waals surface area contributed by atoms with E-state index in [4.69, 9.17) is 5.73 Å². The third kappa shape index (κ3) is 5.08. The van der Waals surface area contributed by atoms with Crippen molar-refractivity contribution in [3.63, 3.8) is 0 Å². The van der Waals surface area contributed by atoms with E-state index in [0.717, 1.165) is 12.1 Å². The van der Waals surface area contributed by atoms with Crippen LogP contribution in [0.25, 0.3) is 0 Å². The number of halogens is 1. The van der Waals surface area contributed by atoms with Crippen LogP contribution in [0.1, 0.15) is 41.5 Å². The molecule has 5 nitrogen and oxygen atoms in total. The van der Waals surface area contributed by atoms with Crippen LogP contribution in [0.15, 0.2) is 36.4 Å². The predicted octanol–water partition coefficient (Wildman–Crippen LogP) is 2.61. The Bertz CT molecular complexity index is 640. The topological polar surface area (TPSA) is 64.2 Å². The Morgan fingerprint density at radius 2 is 1.92 bits per heavy atom. The maximum atomic E-state index is 12.7. The van der Waals surface area contributed by atoms with Gasteiger partial charge in [-0.3, -0.25) is 9.48 Å². The van der Waals surface area contributed by atoms with E-state index < -0.39 is 0 Å². The molecule has 0 aliphatic carbocycles. The zero-order chi connectivity index (χ0) is 16.8. The number of aryl methyl sites for hydroxylation is 1. The molecule has 24 heavy (non-hydrogen) atoms. The number of nitrogens with zero attached hydrogens (tertiary/aromatic N) is 3. The summed E-state index contributed by atoms with van der Waals surface area (Å²) in [6.07, 6.45) is 0.816. The minimum atomic E-state index is -0.0473. The molecule has 0 aliphatic heterocycles. The molecule has 1 amide bonds. The number of aromatic nitrogens is 2. The lowest BCUT2D eigenvalue weighted by Gasteiger charge is -2.21. The zero-order valence-electron chi connectivity index (χ0n) is 14.6. The summed E-state index contributed by atoms with van der Waals surface area (Å²) in [6, 6.07) is 12.0. The Balaban J connectivity index is 0.00000288. The van der Waals surface area contributed by atoms with Gasteiger partial charge in [-0.25, -0.2) is 0 Å². The number of hydrogen-bond acceptors (Lipinski definition) is 3. The lowest BCUT2D eigenvalue weighted by molar-refractivity contribution is 0.0755. The first-order valence-corrected chi connectivity index (χ1v) is 8.10. The Morgan fingerprint density at radius 1 is 1.25 bits per heavy atom. The van der Waals surface area contributed by atoms with Crippen LogP contribution in [0.3, 0.4) is 0 Å². The van der Waals surface area contributed by atoms with E-state index in [0.29, 0.717) is 31.2 Å². The molecule has 0 spiro atoms. The van der Waals surface area contributed by atoms with Crippen LogP contribution in [-0.2, 0) is 13.5 Å². The molecule has 2 aromatic rings. The summed E-state index contributed by atoms with van der Waals surface area (Å²) in [5, 5.41) is 4.37. The highest BCUT2D eigenvalue weighted by atomic mass is 35.5. The largest absolute Gasteiger partial charge is 0.336 e. The van der Waals surface area contributed by atoms with Crippen molar-refractivity contribution in [2.24, 2.45) is 12.8 Å². The second kappa shape index (κ2) is 9.45. The molecular formula is C18H27ClN4O. The van der Waals surface area contributed by atoms with E-state index >= 15 is 0 Å². The third-order valence-electron chi connectivity index (χ3n) is 3.93. The molecule has 6 heteroatoms. The quantitative estimate of drug-likeness (QED) is 0.834. The number of rotatable bonds is 7. The van der Waals surface area contributed by atoms with Gasteiger partial charge in [-0.15, -0.1) is 12.4 Å². The average Bonchev–Trinajstić information content (AvgIpc) is 2.94. The molecule has 0 radical (unpaired) electrons. The van der Waals surface area contributed by atoms with Gasteiger partial charge >= 0.3 is 0 Å². The summed E-state index contributed by atoms with van der Waals surface area (Å²) in [5.74, 6) is 0.287. The van der Waals surface area contributed by atoms with Gasteiger partial charge in [0, 0.05) is 32.4 Å². The Kier molecular flexibility index (Phi) is 7.95. The number of benzene rings is 1. The van der Waals surface area contributed by atoms with Crippen molar-refractivity contribution in [1.29, 1.82) is 0 Å². The van der Waals surface area contributed by atoms with Crippen LogP contribution < -0.4 is 5.73 Å². The third-order valence-corrected chi connectivity index (χ3v) is 3.93. The van der Waals surface area contributed by atoms with E-state index in [2.05, 4.69) is 31.1 Å². The molecular weight excluding hydrogens is 324 g/mol. The fourth-order valence-corrected chi connectivity index (χ4v) is 2.67. The molecule has 0 saturated carbocycles. The van der Waals surface area contributed by atoms with Gasteiger partial charge in [0.15, 0.2) is 5.69 Å². The maximum absolute atomic E-state index is 12.7. The molecule has 2 N–H and O–H groups in total. The Morgan fingerprint density at radius 3 is 2.46 bits per heavy atom. The maximum Gasteiger partial charge on any atom is 0.274 e. The second-order valence-corrected chi connectivity index (χ2v) is 6.05. The molecule has 0 aliphatic rings. The van der Waals surface area contributed by atoms with E-state index in [-0.39, 0.29) is 18.3 Å². The van der Waals surface area contributed by atoms with Crippen LogP contribution in [0.5, 0.6) is 0 Å². The Hall–Kier alpha value is -1.85. The number of nitrogens with two attached hydrogens (primary N) is 1.